The number of allylic oxidation sites excluding steroid dienone is 4. The van der Waals surface area contributed by atoms with Gasteiger partial charge in [0.1, 0.15) is 24.7 Å². The van der Waals surface area contributed by atoms with E-state index >= 15 is 0 Å². The second-order valence-corrected chi connectivity index (χ2v) is 25.0. The summed E-state index contributed by atoms with van der Waals surface area (Å²) < 4.78 is 17.5. The third-order valence-corrected chi connectivity index (χ3v) is 17.5. The quantitative estimate of drug-likeness (QED) is 0.0333. The van der Waals surface area contributed by atoms with Gasteiger partial charge in [0.2, 0.25) is 0 Å². The number of aliphatic hydroxyl groups excluding tert-OH is 12. The van der Waals surface area contributed by atoms with Crippen LogP contribution in [0.2, 0.25) is 0 Å². The molecule has 0 aromatic heterocycles. The largest absolute Gasteiger partial charge is 0.481 e. The maximum atomic E-state index is 14.0. The molecule has 0 aliphatic carbocycles. The summed E-state index contributed by atoms with van der Waals surface area (Å²) in [5.41, 5.74) is 1.50. The molecule has 498 valence electrons. The van der Waals surface area contributed by atoms with Gasteiger partial charge in [0.05, 0.1) is 79.2 Å². The van der Waals surface area contributed by atoms with E-state index in [1.165, 1.54) is 6.08 Å². The first-order valence-electron chi connectivity index (χ1n) is 31.0. The van der Waals surface area contributed by atoms with Crippen molar-refractivity contribution in [3.8, 4) is 0 Å². The summed E-state index contributed by atoms with van der Waals surface area (Å²) in [5.74, 6) is -9.88. The number of nitrogens with zero attached hydrogens (tertiary/aromatic N) is 1. The minimum Gasteiger partial charge on any atom is -0.481 e. The Kier molecular flexibility index (Phi) is 35.7. The highest BCUT2D eigenvalue weighted by molar-refractivity contribution is 5.90. The Balaban J connectivity index is 2.48. The molecule has 0 spiro atoms. The average molecular weight is 1230 g/mol. The number of aliphatic hydroxyl groups is 13. The van der Waals surface area contributed by atoms with E-state index in [0.29, 0.717) is 12.0 Å². The van der Waals surface area contributed by atoms with Crippen LogP contribution >= 0.6 is 0 Å². The van der Waals surface area contributed by atoms with Crippen LogP contribution in [-0.4, -0.2) is 213 Å². The molecule has 1 saturated heterocycles. The van der Waals surface area contributed by atoms with Crippen LogP contribution in [0.5, 0.6) is 0 Å². The van der Waals surface area contributed by atoms with Gasteiger partial charge in [-0.1, -0.05) is 90.0 Å². The number of guanidine groups is 1. The number of carbonyl (C=O) groups excluding carboxylic acids is 2. The van der Waals surface area contributed by atoms with Crippen molar-refractivity contribution in [2.45, 2.75) is 262 Å². The number of rotatable bonds is 12. The molecule has 23 heteroatoms. The molecule has 16 N–H and O–H groups in total. The Hall–Kier alpha value is -3.92. The standard InChI is InChI=1S/C63H111N3O20/c1-35(18-14-12-13-17-25-66-62(64-10)65-11)26-39(5)59-38(4)19-15-16-20-48(69)40(6)51(72)29-45(68)27-44(67)28-46(84-57(79)33-56(77)78)30-47-31-54(75)60(81)63(83,86-47)34-55(76)36(2)21-23-49(70)41(7)52(73)32-53(74)42(8)50(71)24-22-37(3)58(80)43(9)61(82)85-59/h15-16,18-20,22,36,38-55,58-60,67-76,80-81,83H,12-14,17,21,23-34H2,1-11H3,(H,77,78)(H2,64,65,66). The van der Waals surface area contributed by atoms with E-state index in [2.05, 4.69) is 21.7 Å². The molecule has 2 aliphatic heterocycles. The van der Waals surface area contributed by atoms with Crippen molar-refractivity contribution < 1.29 is 100 Å². The van der Waals surface area contributed by atoms with Crippen molar-refractivity contribution >= 4 is 23.9 Å². The first kappa shape index (κ1) is 78.2. The van der Waals surface area contributed by atoms with Gasteiger partial charge in [0, 0.05) is 70.0 Å². The summed E-state index contributed by atoms with van der Waals surface area (Å²) in [5, 5.41) is 161. The highest BCUT2D eigenvalue weighted by atomic mass is 16.7. The Morgan fingerprint density at radius 3 is 2.01 bits per heavy atom. The summed E-state index contributed by atoms with van der Waals surface area (Å²) in [6, 6.07) is 0. The van der Waals surface area contributed by atoms with Gasteiger partial charge in [-0.2, -0.15) is 0 Å². The molecule has 1 fully saturated rings. The van der Waals surface area contributed by atoms with E-state index in [0.717, 1.165) is 43.8 Å². The van der Waals surface area contributed by atoms with Gasteiger partial charge in [-0.15, -0.1) is 0 Å². The second kappa shape index (κ2) is 39.3. The Morgan fingerprint density at radius 1 is 0.767 bits per heavy atom. The van der Waals surface area contributed by atoms with Crippen LogP contribution in [0, 0.1) is 41.4 Å². The molecule has 0 amide bonds. The minimum absolute atomic E-state index is 0.0142. The molecule has 23 unspecified atom stereocenters. The molecular weight excluding hydrogens is 1120 g/mol. The molecule has 2 heterocycles. The fraction of sp³-hybridized carbons (Fsp3) is 0.810. The van der Waals surface area contributed by atoms with Gasteiger partial charge in [-0.3, -0.25) is 19.4 Å². The molecule has 2 aliphatic rings. The van der Waals surface area contributed by atoms with Crippen molar-refractivity contribution in [3.63, 3.8) is 0 Å². The molecule has 23 nitrogen and oxygen atoms in total. The summed E-state index contributed by atoms with van der Waals surface area (Å²) >= 11 is 0. The van der Waals surface area contributed by atoms with Crippen LogP contribution < -0.4 is 10.6 Å². The number of carboxylic acid groups (broad SMARTS) is 1. The first-order valence-corrected chi connectivity index (χ1v) is 31.0. The van der Waals surface area contributed by atoms with E-state index in [9.17, 15) is 85.9 Å². The fourth-order valence-corrected chi connectivity index (χ4v) is 11.2. The highest BCUT2D eigenvalue weighted by Gasteiger charge is 2.50. The first-order chi connectivity index (χ1) is 40.2. The summed E-state index contributed by atoms with van der Waals surface area (Å²) in [7, 11) is 3.52. The Bertz CT molecular complexity index is 2150. The number of nitrogens with one attached hydrogen (secondary N) is 2. The van der Waals surface area contributed by atoms with E-state index < -0.39 is 164 Å². The third kappa shape index (κ3) is 27.4. The number of carboxylic acids is 1. The molecule has 0 radical (unpaired) electrons. The lowest BCUT2D eigenvalue weighted by atomic mass is 9.83. The number of ether oxygens (including phenoxy) is 3. The normalized spacial score (nSPS) is 38.1. The Morgan fingerprint density at radius 2 is 1.38 bits per heavy atom. The average Bonchev–Trinajstić information content (AvgIpc) is 1.30. The van der Waals surface area contributed by atoms with E-state index in [1.807, 2.05) is 26.8 Å². The number of unbranched alkanes of at least 4 members (excludes halogenated alkanes) is 3. The monoisotopic (exact) mass is 1230 g/mol. The number of carbonyl (C=O) groups is 3. The molecule has 86 heavy (non-hydrogen) atoms. The van der Waals surface area contributed by atoms with E-state index in [4.69, 9.17) is 14.2 Å². The van der Waals surface area contributed by atoms with E-state index in [-0.39, 0.29) is 63.2 Å². The van der Waals surface area contributed by atoms with Gasteiger partial charge in [0.25, 0.3) is 0 Å². The number of fused-ring (bicyclic) bond motifs is 2. The van der Waals surface area contributed by atoms with Crippen LogP contribution in [0.4, 0.5) is 0 Å². The predicted molar refractivity (Wildman–Crippen MR) is 324 cm³/mol. The van der Waals surface area contributed by atoms with Crippen molar-refractivity contribution in [2.24, 2.45) is 46.4 Å². The van der Waals surface area contributed by atoms with Crippen LogP contribution in [0.3, 0.4) is 0 Å². The number of hydrogen-bond acceptors (Lipinski definition) is 20. The second-order valence-electron chi connectivity index (χ2n) is 25.0. The molecule has 0 saturated carbocycles. The molecule has 2 bridgehead atoms. The summed E-state index contributed by atoms with van der Waals surface area (Å²) in [6.45, 7) is 16.2. The van der Waals surface area contributed by atoms with Crippen molar-refractivity contribution in [1.82, 2.24) is 10.6 Å². The molecule has 0 aromatic rings. The van der Waals surface area contributed by atoms with Gasteiger partial charge in [-0.25, -0.2) is 0 Å². The van der Waals surface area contributed by atoms with Gasteiger partial charge in [0.15, 0.2) is 11.7 Å². The number of aliphatic imine (C=N–C) groups is 1. The fourth-order valence-electron chi connectivity index (χ4n) is 11.2. The SMILES string of the molecule is CN=C(NC)NCCCCCC=C(C)CC(C)C1OC(=O)C(C)C(O)C(C)=CCC(O)C(C)C(O)CC(O)C(C)C(O)CCC(C)C(O)CC2(O)OC(CC(OC(=O)CC(=O)O)CC(O)CC(O)CC(O)C(C)C(O)C=CC=CC1C)CC(O)C2O. The van der Waals surface area contributed by atoms with E-state index in [1.54, 1.807) is 73.9 Å². The summed E-state index contributed by atoms with van der Waals surface area (Å²) in [4.78, 5) is 42.1. The van der Waals surface area contributed by atoms with Crippen LogP contribution in [0.1, 0.15) is 165 Å². The summed E-state index contributed by atoms with van der Waals surface area (Å²) in [6.07, 6.45) is -8.35. The van der Waals surface area contributed by atoms with Crippen LogP contribution in [-0.2, 0) is 28.6 Å². The molecule has 2 rings (SSSR count). The lowest BCUT2D eigenvalue weighted by Gasteiger charge is -2.45. The predicted octanol–water partition coefficient (Wildman–Crippen LogP) is 2.82. The van der Waals surface area contributed by atoms with Gasteiger partial charge in [-0.05, 0) is 102 Å². The Labute approximate surface area is 510 Å². The smallest absolute Gasteiger partial charge is 0.317 e. The lowest BCUT2D eigenvalue weighted by molar-refractivity contribution is -0.333. The van der Waals surface area contributed by atoms with Crippen molar-refractivity contribution in [2.75, 3.05) is 20.6 Å². The zero-order valence-electron chi connectivity index (χ0n) is 52.8. The topological polar surface area (TPSA) is 399 Å². The third-order valence-electron chi connectivity index (χ3n) is 17.5. The molecular formula is C63H111N3O20. The maximum Gasteiger partial charge on any atom is 0.317 e. The highest BCUT2D eigenvalue weighted by Crippen LogP contribution is 2.37. The molecule has 0 aromatic carbocycles. The number of aliphatic carboxylic acids is 1. The lowest BCUT2D eigenvalue weighted by Crippen LogP contribution is -2.60. The van der Waals surface area contributed by atoms with Crippen molar-refractivity contribution in [3.05, 3.63) is 47.6 Å². The zero-order chi connectivity index (χ0) is 65.2. The van der Waals surface area contributed by atoms with Gasteiger partial charge >= 0.3 is 17.9 Å². The van der Waals surface area contributed by atoms with Crippen LogP contribution in [0.15, 0.2) is 52.6 Å². The number of hydrogen-bond donors (Lipinski definition) is 16. The van der Waals surface area contributed by atoms with Gasteiger partial charge < -0.3 is 96.3 Å². The maximum absolute atomic E-state index is 14.0. The van der Waals surface area contributed by atoms with Crippen LogP contribution in [0.25, 0.3) is 0 Å². The van der Waals surface area contributed by atoms with Crippen molar-refractivity contribution in [1.29, 1.82) is 0 Å². The zero-order valence-corrected chi connectivity index (χ0v) is 52.8. The molecule has 23 atom stereocenters. The number of esters is 2. The number of cyclic esters (lactones) is 1. The minimum atomic E-state index is -2.57.